The molecule has 2 heterocycles. The van der Waals surface area contributed by atoms with E-state index in [1.807, 2.05) is 0 Å². The summed E-state index contributed by atoms with van der Waals surface area (Å²) >= 11 is 0. The van der Waals surface area contributed by atoms with E-state index in [4.69, 9.17) is 0 Å². The number of para-hydroxylation sites is 1. The van der Waals surface area contributed by atoms with Crippen LogP contribution in [0.4, 0.5) is 0 Å². The van der Waals surface area contributed by atoms with Crippen LogP contribution in [-0.2, 0) is 0 Å². The number of benzene rings is 1. The van der Waals surface area contributed by atoms with Crippen LogP contribution in [-0.4, -0.2) is 27.2 Å². The SMILES string of the molecule is O=C(N/N=C/c1ccncc1)c1c(O)c2ccccc2[nH]c1=O. The average Bonchev–Trinajstić information content (AvgIpc) is 2.56. The number of nitrogens with one attached hydrogen (secondary N) is 2. The summed E-state index contributed by atoms with van der Waals surface area (Å²) in [5.74, 6) is -1.17. The number of aromatic amines is 1. The number of aromatic hydroxyl groups is 1. The van der Waals surface area contributed by atoms with Crippen LogP contribution in [0, 0.1) is 0 Å². The maximum atomic E-state index is 12.1. The Balaban J connectivity index is 1.89. The van der Waals surface area contributed by atoms with Crippen molar-refractivity contribution in [3.05, 3.63) is 70.3 Å². The highest BCUT2D eigenvalue weighted by molar-refractivity contribution is 6.02. The molecule has 3 aromatic rings. The zero-order valence-corrected chi connectivity index (χ0v) is 11.9. The molecule has 7 heteroatoms. The van der Waals surface area contributed by atoms with Crippen molar-refractivity contribution in [3.63, 3.8) is 0 Å². The zero-order valence-electron chi connectivity index (χ0n) is 11.9. The molecule has 0 radical (unpaired) electrons. The van der Waals surface area contributed by atoms with Gasteiger partial charge >= 0.3 is 0 Å². The van der Waals surface area contributed by atoms with Gasteiger partial charge in [-0.25, -0.2) is 5.43 Å². The number of fused-ring (bicyclic) bond motifs is 1. The fourth-order valence-corrected chi connectivity index (χ4v) is 2.11. The quantitative estimate of drug-likeness (QED) is 0.502. The molecule has 0 aliphatic carbocycles. The van der Waals surface area contributed by atoms with Gasteiger partial charge in [-0.3, -0.25) is 14.6 Å². The second kappa shape index (κ2) is 6.10. The highest BCUT2D eigenvalue weighted by Gasteiger charge is 2.18. The van der Waals surface area contributed by atoms with Gasteiger partial charge in [0.25, 0.3) is 11.5 Å². The predicted octanol–water partition coefficient (Wildman–Crippen LogP) is 1.39. The summed E-state index contributed by atoms with van der Waals surface area (Å²) in [4.78, 5) is 30.5. The summed E-state index contributed by atoms with van der Waals surface area (Å²) in [6.07, 6.45) is 4.58. The first-order valence-corrected chi connectivity index (χ1v) is 6.74. The number of pyridine rings is 2. The van der Waals surface area contributed by atoms with Gasteiger partial charge in [-0.05, 0) is 29.8 Å². The predicted molar refractivity (Wildman–Crippen MR) is 85.5 cm³/mol. The molecule has 0 saturated heterocycles. The third kappa shape index (κ3) is 2.93. The van der Waals surface area contributed by atoms with Gasteiger partial charge in [0.1, 0.15) is 11.3 Å². The van der Waals surface area contributed by atoms with Gasteiger partial charge in [-0.2, -0.15) is 5.10 Å². The van der Waals surface area contributed by atoms with E-state index in [9.17, 15) is 14.7 Å². The fraction of sp³-hybridized carbons (Fsp3) is 0. The van der Waals surface area contributed by atoms with Crippen LogP contribution in [0.2, 0.25) is 0 Å². The number of aromatic nitrogens is 2. The van der Waals surface area contributed by atoms with Gasteiger partial charge in [0.2, 0.25) is 0 Å². The lowest BCUT2D eigenvalue weighted by molar-refractivity contribution is 0.0951. The molecule has 0 unspecified atom stereocenters. The summed E-state index contributed by atoms with van der Waals surface area (Å²) < 4.78 is 0. The summed E-state index contributed by atoms with van der Waals surface area (Å²) in [5, 5.41) is 14.3. The maximum Gasteiger partial charge on any atom is 0.280 e. The summed E-state index contributed by atoms with van der Waals surface area (Å²) in [5.41, 5.74) is 2.35. The molecule has 0 aliphatic heterocycles. The second-order valence-electron chi connectivity index (χ2n) is 4.70. The van der Waals surface area contributed by atoms with Gasteiger partial charge in [0.15, 0.2) is 0 Å². The molecule has 114 valence electrons. The number of amides is 1. The minimum atomic E-state index is -0.792. The standard InChI is InChI=1S/C16H12N4O3/c21-14-11-3-1-2-4-12(11)19-15(22)13(14)16(23)20-18-9-10-5-7-17-8-6-10/h1-9H,(H,20,23)(H2,19,21,22)/b18-9+. The number of hydrogen-bond acceptors (Lipinski definition) is 5. The van der Waals surface area contributed by atoms with Gasteiger partial charge in [-0.15, -0.1) is 0 Å². The number of carbonyl (C=O) groups excluding carboxylic acids is 1. The Hall–Kier alpha value is -3.48. The van der Waals surface area contributed by atoms with Gasteiger partial charge in [0, 0.05) is 17.8 Å². The van der Waals surface area contributed by atoms with Crippen LogP contribution in [0.3, 0.4) is 0 Å². The number of hydrogen-bond donors (Lipinski definition) is 3. The molecular formula is C16H12N4O3. The molecule has 3 N–H and O–H groups in total. The first kappa shape index (κ1) is 14.5. The molecule has 0 fully saturated rings. The van der Waals surface area contributed by atoms with E-state index in [1.54, 1.807) is 48.8 Å². The van der Waals surface area contributed by atoms with E-state index < -0.39 is 11.5 Å². The minimum absolute atomic E-state index is 0.374. The molecule has 7 nitrogen and oxygen atoms in total. The maximum absolute atomic E-state index is 12.1. The second-order valence-corrected chi connectivity index (χ2v) is 4.70. The van der Waals surface area contributed by atoms with Crippen LogP contribution in [0.5, 0.6) is 5.75 Å². The first-order valence-electron chi connectivity index (χ1n) is 6.74. The van der Waals surface area contributed by atoms with Crippen molar-refractivity contribution >= 4 is 23.0 Å². The van der Waals surface area contributed by atoms with E-state index in [0.717, 1.165) is 5.56 Å². The third-order valence-electron chi connectivity index (χ3n) is 3.21. The number of hydrazone groups is 1. The Morgan fingerprint density at radius 3 is 2.74 bits per heavy atom. The highest BCUT2D eigenvalue weighted by atomic mass is 16.3. The lowest BCUT2D eigenvalue weighted by Gasteiger charge is -2.05. The highest BCUT2D eigenvalue weighted by Crippen LogP contribution is 2.24. The lowest BCUT2D eigenvalue weighted by atomic mass is 10.1. The molecule has 23 heavy (non-hydrogen) atoms. The van der Waals surface area contributed by atoms with Crippen LogP contribution >= 0.6 is 0 Å². The van der Waals surface area contributed by atoms with Crippen molar-refractivity contribution < 1.29 is 9.90 Å². The van der Waals surface area contributed by atoms with Crippen LogP contribution in [0.15, 0.2) is 58.7 Å². The molecule has 0 bridgehead atoms. The van der Waals surface area contributed by atoms with Crippen LogP contribution in [0.1, 0.15) is 15.9 Å². The Morgan fingerprint density at radius 2 is 1.96 bits per heavy atom. The third-order valence-corrected chi connectivity index (χ3v) is 3.21. The summed E-state index contributed by atoms with van der Waals surface area (Å²) in [6, 6.07) is 10.1. The normalized spacial score (nSPS) is 11.0. The monoisotopic (exact) mass is 308 g/mol. The first-order chi connectivity index (χ1) is 11.2. The number of nitrogens with zero attached hydrogens (tertiary/aromatic N) is 2. The summed E-state index contributed by atoms with van der Waals surface area (Å²) in [7, 11) is 0. The van der Waals surface area contributed by atoms with Gasteiger partial charge in [-0.1, -0.05) is 12.1 Å². The molecule has 0 aliphatic rings. The Labute approximate surface area is 130 Å². The van der Waals surface area contributed by atoms with Crippen molar-refractivity contribution in [3.8, 4) is 5.75 Å². The van der Waals surface area contributed by atoms with Gasteiger partial charge < -0.3 is 10.1 Å². The minimum Gasteiger partial charge on any atom is -0.506 e. The van der Waals surface area contributed by atoms with Crippen LogP contribution in [0.25, 0.3) is 10.9 Å². The van der Waals surface area contributed by atoms with Crippen molar-refractivity contribution in [1.29, 1.82) is 0 Å². The van der Waals surface area contributed by atoms with Crippen molar-refractivity contribution in [2.45, 2.75) is 0 Å². The average molecular weight is 308 g/mol. The topological polar surface area (TPSA) is 107 Å². The largest absolute Gasteiger partial charge is 0.506 e. The van der Waals surface area contributed by atoms with E-state index in [0.29, 0.717) is 10.9 Å². The molecular weight excluding hydrogens is 296 g/mol. The number of H-pyrrole nitrogens is 1. The fourth-order valence-electron chi connectivity index (χ4n) is 2.11. The van der Waals surface area contributed by atoms with Gasteiger partial charge in [0.05, 0.1) is 11.7 Å². The Kier molecular flexibility index (Phi) is 3.84. The molecule has 0 saturated carbocycles. The van der Waals surface area contributed by atoms with Crippen molar-refractivity contribution in [2.24, 2.45) is 5.10 Å². The van der Waals surface area contributed by atoms with E-state index in [-0.39, 0.29) is 11.3 Å². The zero-order chi connectivity index (χ0) is 16.2. The molecule has 0 atom stereocenters. The molecule has 3 rings (SSSR count). The van der Waals surface area contributed by atoms with E-state index in [2.05, 4.69) is 20.5 Å². The molecule has 1 aromatic carbocycles. The van der Waals surface area contributed by atoms with Crippen molar-refractivity contribution in [1.82, 2.24) is 15.4 Å². The van der Waals surface area contributed by atoms with E-state index >= 15 is 0 Å². The molecule has 0 spiro atoms. The van der Waals surface area contributed by atoms with Crippen molar-refractivity contribution in [2.75, 3.05) is 0 Å². The molecule has 2 aromatic heterocycles. The van der Waals surface area contributed by atoms with E-state index in [1.165, 1.54) is 6.21 Å². The lowest BCUT2D eigenvalue weighted by Crippen LogP contribution is -2.26. The smallest absolute Gasteiger partial charge is 0.280 e. The molecule has 1 amide bonds. The number of rotatable bonds is 3. The Bertz CT molecular complexity index is 948. The summed E-state index contributed by atoms with van der Waals surface area (Å²) in [6.45, 7) is 0. The number of carbonyl (C=O) groups is 1. The van der Waals surface area contributed by atoms with Crippen LogP contribution < -0.4 is 11.0 Å². The Morgan fingerprint density at radius 1 is 1.22 bits per heavy atom.